The zero-order valence-electron chi connectivity index (χ0n) is 15.8. The number of hydrogen-bond donors (Lipinski definition) is 1. The molecule has 0 saturated heterocycles. The first-order valence-electron chi connectivity index (χ1n) is 9.54. The summed E-state index contributed by atoms with van der Waals surface area (Å²) >= 11 is 3.48. The molecular formula is C22H27BrN2O2. The summed E-state index contributed by atoms with van der Waals surface area (Å²) in [7, 11) is 0. The highest BCUT2D eigenvalue weighted by Crippen LogP contribution is 2.25. The third-order valence-corrected chi connectivity index (χ3v) is 5.30. The standard InChI is InChI=1S/C22H27BrN2O2/c1-2-24(14-15-26)12-3-4-16-27-21-9-10-22-18(17-21)11-13-25(22)20-7-5-19(23)6-8-20/h5-11,13,17,26H,2-4,12,14-16H2,1H3. The molecular weight excluding hydrogens is 404 g/mol. The maximum Gasteiger partial charge on any atom is 0.120 e. The van der Waals surface area contributed by atoms with Gasteiger partial charge in [-0.15, -0.1) is 0 Å². The molecule has 0 unspecified atom stereocenters. The van der Waals surface area contributed by atoms with Gasteiger partial charge in [-0.2, -0.15) is 0 Å². The molecule has 0 aliphatic carbocycles. The molecule has 3 aromatic rings. The van der Waals surface area contributed by atoms with Crippen molar-refractivity contribution in [3.8, 4) is 11.4 Å². The summed E-state index contributed by atoms with van der Waals surface area (Å²) in [6.45, 7) is 5.81. The van der Waals surface area contributed by atoms with Gasteiger partial charge in [-0.1, -0.05) is 22.9 Å². The van der Waals surface area contributed by atoms with E-state index in [1.54, 1.807) is 0 Å². The van der Waals surface area contributed by atoms with Crippen molar-refractivity contribution in [2.75, 3.05) is 32.8 Å². The molecule has 0 aliphatic rings. The summed E-state index contributed by atoms with van der Waals surface area (Å²) in [6, 6.07) is 16.7. The van der Waals surface area contributed by atoms with Gasteiger partial charge in [0.2, 0.25) is 0 Å². The van der Waals surface area contributed by atoms with Crippen molar-refractivity contribution in [1.82, 2.24) is 9.47 Å². The SMILES string of the molecule is CCN(CCO)CCCCOc1ccc2c(ccn2-c2ccc(Br)cc2)c1. The van der Waals surface area contributed by atoms with Gasteiger partial charge in [0, 0.05) is 28.3 Å². The van der Waals surface area contributed by atoms with Crippen LogP contribution in [0.25, 0.3) is 16.6 Å². The quantitative estimate of drug-likeness (QED) is 0.466. The topological polar surface area (TPSA) is 37.6 Å². The van der Waals surface area contributed by atoms with Crippen molar-refractivity contribution < 1.29 is 9.84 Å². The Morgan fingerprint density at radius 1 is 1.04 bits per heavy atom. The van der Waals surface area contributed by atoms with Gasteiger partial charge in [0.15, 0.2) is 0 Å². The second-order valence-corrected chi connectivity index (χ2v) is 7.51. The van der Waals surface area contributed by atoms with Crippen LogP contribution in [0.1, 0.15) is 19.8 Å². The first-order valence-corrected chi connectivity index (χ1v) is 10.3. The Bertz CT molecular complexity index is 845. The smallest absolute Gasteiger partial charge is 0.120 e. The van der Waals surface area contributed by atoms with E-state index < -0.39 is 0 Å². The Labute approximate surface area is 169 Å². The third kappa shape index (κ3) is 5.34. The zero-order chi connectivity index (χ0) is 19.1. The van der Waals surface area contributed by atoms with E-state index in [9.17, 15) is 0 Å². The molecule has 2 aromatic carbocycles. The maximum atomic E-state index is 9.02. The van der Waals surface area contributed by atoms with Crippen LogP contribution < -0.4 is 4.74 Å². The Morgan fingerprint density at radius 3 is 2.59 bits per heavy atom. The number of unbranched alkanes of at least 4 members (excludes halogenated alkanes) is 1. The summed E-state index contributed by atoms with van der Waals surface area (Å²) in [5.41, 5.74) is 2.32. The number of aliphatic hydroxyl groups excluding tert-OH is 1. The van der Waals surface area contributed by atoms with Gasteiger partial charge in [0.05, 0.1) is 18.7 Å². The van der Waals surface area contributed by atoms with Crippen molar-refractivity contribution in [3.63, 3.8) is 0 Å². The highest BCUT2D eigenvalue weighted by Gasteiger charge is 2.05. The summed E-state index contributed by atoms with van der Waals surface area (Å²) in [5.74, 6) is 0.916. The molecule has 1 N–H and O–H groups in total. The molecule has 1 aromatic heterocycles. The number of nitrogens with zero attached hydrogens (tertiary/aromatic N) is 2. The van der Waals surface area contributed by atoms with Crippen molar-refractivity contribution in [1.29, 1.82) is 0 Å². The largest absolute Gasteiger partial charge is 0.494 e. The molecule has 27 heavy (non-hydrogen) atoms. The number of ether oxygens (including phenoxy) is 1. The van der Waals surface area contributed by atoms with Crippen LogP contribution in [-0.4, -0.2) is 47.4 Å². The minimum atomic E-state index is 0.226. The molecule has 0 fully saturated rings. The minimum Gasteiger partial charge on any atom is -0.494 e. The van der Waals surface area contributed by atoms with E-state index >= 15 is 0 Å². The van der Waals surface area contributed by atoms with Gasteiger partial charge in [-0.05, 0) is 74.5 Å². The normalized spacial score (nSPS) is 11.4. The van der Waals surface area contributed by atoms with Gasteiger partial charge < -0.3 is 19.3 Å². The molecule has 0 spiro atoms. The van der Waals surface area contributed by atoms with Crippen LogP contribution >= 0.6 is 15.9 Å². The van der Waals surface area contributed by atoms with E-state index in [1.165, 1.54) is 10.9 Å². The van der Waals surface area contributed by atoms with Crippen LogP contribution in [-0.2, 0) is 0 Å². The van der Waals surface area contributed by atoms with Crippen molar-refractivity contribution in [3.05, 3.63) is 59.2 Å². The molecule has 144 valence electrons. The lowest BCUT2D eigenvalue weighted by molar-refractivity contribution is 0.195. The number of likely N-dealkylation sites (N-methyl/N-ethyl adjacent to an activating group) is 1. The zero-order valence-corrected chi connectivity index (χ0v) is 17.4. The average Bonchev–Trinajstić information content (AvgIpc) is 3.10. The Kier molecular flexibility index (Phi) is 7.33. The van der Waals surface area contributed by atoms with Crippen molar-refractivity contribution in [2.45, 2.75) is 19.8 Å². The Balaban J connectivity index is 1.55. The Hall–Kier alpha value is -1.82. The van der Waals surface area contributed by atoms with E-state index in [2.05, 4.69) is 81.0 Å². The monoisotopic (exact) mass is 430 g/mol. The van der Waals surface area contributed by atoms with E-state index in [0.717, 1.165) is 55.0 Å². The molecule has 0 amide bonds. The molecule has 5 heteroatoms. The van der Waals surface area contributed by atoms with Crippen LogP contribution in [0.3, 0.4) is 0 Å². The summed E-state index contributed by atoms with van der Waals surface area (Å²) in [6.07, 6.45) is 4.19. The van der Waals surface area contributed by atoms with E-state index in [-0.39, 0.29) is 6.61 Å². The van der Waals surface area contributed by atoms with Gasteiger partial charge in [0.1, 0.15) is 5.75 Å². The van der Waals surface area contributed by atoms with Crippen molar-refractivity contribution in [2.24, 2.45) is 0 Å². The highest BCUT2D eigenvalue weighted by molar-refractivity contribution is 9.10. The first kappa shape index (κ1) is 19.9. The fourth-order valence-corrected chi connectivity index (χ4v) is 3.50. The molecule has 0 aliphatic heterocycles. The fraction of sp³-hybridized carbons (Fsp3) is 0.364. The number of hydrogen-bond acceptors (Lipinski definition) is 3. The van der Waals surface area contributed by atoms with E-state index in [4.69, 9.17) is 9.84 Å². The second kappa shape index (κ2) is 9.93. The molecule has 3 rings (SSSR count). The van der Waals surface area contributed by atoms with Crippen LogP contribution in [0.5, 0.6) is 5.75 Å². The second-order valence-electron chi connectivity index (χ2n) is 6.60. The molecule has 0 saturated carbocycles. The fourth-order valence-electron chi connectivity index (χ4n) is 3.23. The minimum absolute atomic E-state index is 0.226. The van der Waals surface area contributed by atoms with Gasteiger partial charge in [-0.3, -0.25) is 0 Å². The predicted molar refractivity (Wildman–Crippen MR) is 115 cm³/mol. The average molecular weight is 431 g/mol. The van der Waals surface area contributed by atoms with Gasteiger partial charge in [0.25, 0.3) is 0 Å². The lowest BCUT2D eigenvalue weighted by atomic mass is 10.2. The number of aliphatic hydroxyl groups is 1. The first-order chi connectivity index (χ1) is 13.2. The van der Waals surface area contributed by atoms with Crippen LogP contribution in [0.2, 0.25) is 0 Å². The molecule has 4 nitrogen and oxygen atoms in total. The summed E-state index contributed by atoms with van der Waals surface area (Å²) in [5, 5.41) is 10.2. The predicted octanol–water partition coefficient (Wildman–Crippen LogP) is 4.87. The number of benzene rings is 2. The van der Waals surface area contributed by atoms with Gasteiger partial charge >= 0.3 is 0 Å². The Morgan fingerprint density at radius 2 is 1.85 bits per heavy atom. The van der Waals surface area contributed by atoms with Crippen LogP contribution in [0.4, 0.5) is 0 Å². The van der Waals surface area contributed by atoms with Crippen molar-refractivity contribution >= 4 is 26.8 Å². The molecule has 0 bridgehead atoms. The molecule has 0 atom stereocenters. The number of fused-ring (bicyclic) bond motifs is 1. The lowest BCUT2D eigenvalue weighted by Crippen LogP contribution is -2.27. The highest BCUT2D eigenvalue weighted by atomic mass is 79.9. The number of aromatic nitrogens is 1. The van der Waals surface area contributed by atoms with Crippen LogP contribution in [0.15, 0.2) is 59.2 Å². The van der Waals surface area contributed by atoms with Crippen LogP contribution in [0, 0.1) is 0 Å². The number of halogens is 1. The van der Waals surface area contributed by atoms with E-state index in [0.29, 0.717) is 0 Å². The lowest BCUT2D eigenvalue weighted by Gasteiger charge is -2.18. The van der Waals surface area contributed by atoms with Gasteiger partial charge in [-0.25, -0.2) is 0 Å². The number of rotatable bonds is 10. The molecule has 0 radical (unpaired) electrons. The van der Waals surface area contributed by atoms with E-state index in [1.807, 2.05) is 6.07 Å². The summed E-state index contributed by atoms with van der Waals surface area (Å²) in [4.78, 5) is 2.26. The third-order valence-electron chi connectivity index (χ3n) is 4.77. The molecule has 1 heterocycles. The summed E-state index contributed by atoms with van der Waals surface area (Å²) < 4.78 is 9.20. The maximum absolute atomic E-state index is 9.02.